The van der Waals surface area contributed by atoms with Crippen molar-refractivity contribution in [1.82, 2.24) is 5.32 Å². The van der Waals surface area contributed by atoms with Crippen molar-refractivity contribution in [3.63, 3.8) is 0 Å². The molecular weight excluding hydrogens is 328 g/mol. The lowest BCUT2D eigenvalue weighted by atomic mass is 9.93. The van der Waals surface area contributed by atoms with Crippen molar-refractivity contribution >= 4 is 21.6 Å². The van der Waals surface area contributed by atoms with E-state index in [9.17, 15) is 13.2 Å². The molecule has 1 aromatic carbocycles. The average Bonchev–Trinajstić information content (AvgIpc) is 2.97. The zero-order valence-corrected chi connectivity index (χ0v) is 14.4. The van der Waals surface area contributed by atoms with Gasteiger partial charge in [0.05, 0.1) is 24.2 Å². The van der Waals surface area contributed by atoms with Gasteiger partial charge in [0.1, 0.15) is 5.76 Å². The Morgan fingerprint density at radius 2 is 2.08 bits per heavy atom. The minimum absolute atomic E-state index is 0.0763. The average molecular weight is 348 g/mol. The molecule has 1 aliphatic rings. The van der Waals surface area contributed by atoms with Gasteiger partial charge >= 0.3 is 0 Å². The fourth-order valence-electron chi connectivity index (χ4n) is 2.95. The first kappa shape index (κ1) is 16.6. The number of nitrogens with one attached hydrogen (secondary N) is 2. The van der Waals surface area contributed by atoms with Crippen molar-refractivity contribution in [2.24, 2.45) is 0 Å². The fraction of sp³-hybridized carbons (Fsp3) is 0.353. The van der Waals surface area contributed by atoms with Crippen LogP contribution < -0.4 is 10.0 Å². The Morgan fingerprint density at radius 3 is 2.83 bits per heavy atom. The SMILES string of the molecule is Cc1ccc(C(=O)N[C@@H]2CCCc3occc32)cc1NS(C)(=O)=O. The molecule has 1 atom stereocenters. The van der Waals surface area contributed by atoms with Crippen LogP contribution in [0.25, 0.3) is 0 Å². The number of carbonyl (C=O) groups excluding carboxylic acids is 1. The molecule has 1 amide bonds. The number of carbonyl (C=O) groups is 1. The van der Waals surface area contributed by atoms with E-state index in [1.165, 1.54) is 0 Å². The number of benzene rings is 1. The molecule has 0 unspecified atom stereocenters. The molecule has 3 rings (SSSR count). The van der Waals surface area contributed by atoms with Crippen molar-refractivity contribution in [2.45, 2.75) is 32.2 Å². The molecule has 2 aromatic rings. The highest BCUT2D eigenvalue weighted by atomic mass is 32.2. The molecule has 128 valence electrons. The molecule has 0 fully saturated rings. The summed E-state index contributed by atoms with van der Waals surface area (Å²) in [4.78, 5) is 12.6. The van der Waals surface area contributed by atoms with E-state index in [1.54, 1.807) is 31.4 Å². The van der Waals surface area contributed by atoms with E-state index in [0.29, 0.717) is 11.3 Å². The van der Waals surface area contributed by atoms with Crippen molar-refractivity contribution in [1.29, 1.82) is 0 Å². The second kappa shape index (κ2) is 6.32. The molecule has 2 N–H and O–H groups in total. The first-order chi connectivity index (χ1) is 11.3. The van der Waals surface area contributed by atoms with Gasteiger partial charge in [-0.2, -0.15) is 0 Å². The monoisotopic (exact) mass is 348 g/mol. The minimum Gasteiger partial charge on any atom is -0.469 e. The van der Waals surface area contributed by atoms with Gasteiger partial charge in [-0.1, -0.05) is 6.07 Å². The number of hydrogen-bond donors (Lipinski definition) is 2. The van der Waals surface area contributed by atoms with Crippen LogP contribution in [0.2, 0.25) is 0 Å². The molecule has 0 saturated carbocycles. The molecule has 0 bridgehead atoms. The molecule has 1 aliphatic carbocycles. The predicted molar refractivity (Wildman–Crippen MR) is 91.5 cm³/mol. The van der Waals surface area contributed by atoms with Crippen LogP contribution in [-0.4, -0.2) is 20.6 Å². The lowest BCUT2D eigenvalue weighted by molar-refractivity contribution is 0.0932. The molecule has 1 heterocycles. The summed E-state index contributed by atoms with van der Waals surface area (Å²) >= 11 is 0. The summed E-state index contributed by atoms with van der Waals surface area (Å²) < 4.78 is 30.7. The van der Waals surface area contributed by atoms with Gasteiger partial charge in [-0.15, -0.1) is 0 Å². The van der Waals surface area contributed by atoms with Crippen LogP contribution in [0.5, 0.6) is 0 Å². The number of aryl methyl sites for hydroxylation is 2. The highest BCUT2D eigenvalue weighted by molar-refractivity contribution is 7.92. The lowest BCUT2D eigenvalue weighted by Crippen LogP contribution is -2.30. The maximum atomic E-state index is 12.6. The fourth-order valence-corrected chi connectivity index (χ4v) is 3.57. The first-order valence-corrected chi connectivity index (χ1v) is 9.68. The third kappa shape index (κ3) is 3.62. The Kier molecular flexibility index (Phi) is 4.36. The quantitative estimate of drug-likeness (QED) is 0.889. The molecule has 0 radical (unpaired) electrons. The maximum Gasteiger partial charge on any atom is 0.251 e. The number of rotatable bonds is 4. The second-order valence-corrected chi connectivity index (χ2v) is 7.87. The maximum absolute atomic E-state index is 12.6. The van der Waals surface area contributed by atoms with Crippen LogP contribution >= 0.6 is 0 Å². The number of amides is 1. The Hall–Kier alpha value is -2.28. The summed E-state index contributed by atoms with van der Waals surface area (Å²) in [5, 5.41) is 3.01. The Labute approximate surface area is 141 Å². The van der Waals surface area contributed by atoms with Gasteiger partial charge in [-0.05, 0) is 43.5 Å². The number of fused-ring (bicyclic) bond motifs is 1. The van der Waals surface area contributed by atoms with E-state index in [0.717, 1.165) is 42.4 Å². The smallest absolute Gasteiger partial charge is 0.251 e. The van der Waals surface area contributed by atoms with Crippen LogP contribution in [0.15, 0.2) is 34.9 Å². The van der Waals surface area contributed by atoms with Gasteiger partial charge in [0, 0.05) is 17.5 Å². The van der Waals surface area contributed by atoms with Gasteiger partial charge in [0.15, 0.2) is 0 Å². The Bertz CT molecular complexity index is 870. The molecule has 0 spiro atoms. The van der Waals surface area contributed by atoms with E-state index < -0.39 is 10.0 Å². The van der Waals surface area contributed by atoms with Crippen molar-refractivity contribution in [2.75, 3.05) is 11.0 Å². The zero-order chi connectivity index (χ0) is 17.3. The van der Waals surface area contributed by atoms with Crippen molar-refractivity contribution in [3.8, 4) is 0 Å². The van der Waals surface area contributed by atoms with Crippen LogP contribution in [0.4, 0.5) is 5.69 Å². The van der Waals surface area contributed by atoms with Crippen molar-refractivity contribution in [3.05, 3.63) is 53.0 Å². The van der Waals surface area contributed by atoms with Gasteiger partial charge in [0.25, 0.3) is 5.91 Å². The topological polar surface area (TPSA) is 88.4 Å². The van der Waals surface area contributed by atoms with E-state index in [-0.39, 0.29) is 11.9 Å². The summed E-state index contributed by atoms with van der Waals surface area (Å²) in [6.45, 7) is 1.79. The summed E-state index contributed by atoms with van der Waals surface area (Å²) in [5.74, 6) is 0.695. The summed E-state index contributed by atoms with van der Waals surface area (Å²) in [6, 6.07) is 6.80. The molecule has 0 aliphatic heterocycles. The zero-order valence-electron chi connectivity index (χ0n) is 13.6. The van der Waals surface area contributed by atoms with Gasteiger partial charge in [-0.3, -0.25) is 9.52 Å². The molecule has 7 heteroatoms. The molecule has 1 aromatic heterocycles. The normalized spacial score (nSPS) is 17.2. The molecule has 0 saturated heterocycles. The van der Waals surface area contributed by atoms with E-state index in [1.807, 2.05) is 6.07 Å². The Balaban J connectivity index is 1.80. The summed E-state index contributed by atoms with van der Waals surface area (Å²) in [5.41, 5.74) is 2.61. The molecule has 6 nitrogen and oxygen atoms in total. The van der Waals surface area contributed by atoms with E-state index in [4.69, 9.17) is 4.42 Å². The molecular formula is C17H20N2O4S. The van der Waals surface area contributed by atoms with Crippen LogP contribution in [-0.2, 0) is 16.4 Å². The van der Waals surface area contributed by atoms with Gasteiger partial charge in [0.2, 0.25) is 10.0 Å². The highest BCUT2D eigenvalue weighted by Crippen LogP contribution is 2.30. The summed E-state index contributed by atoms with van der Waals surface area (Å²) in [7, 11) is -3.40. The van der Waals surface area contributed by atoms with Crippen LogP contribution in [0, 0.1) is 6.92 Å². The predicted octanol–water partition coefficient (Wildman–Crippen LogP) is 2.77. The number of anilines is 1. The van der Waals surface area contributed by atoms with Crippen LogP contribution in [0.1, 0.15) is 46.1 Å². The lowest BCUT2D eigenvalue weighted by Gasteiger charge is -2.23. The molecule has 24 heavy (non-hydrogen) atoms. The Morgan fingerprint density at radius 1 is 1.29 bits per heavy atom. The standard InChI is InChI=1S/C17H20N2O4S/c1-11-6-7-12(10-15(11)19-24(2,21)22)17(20)18-14-4-3-5-16-13(14)8-9-23-16/h6-10,14,19H,3-5H2,1-2H3,(H,18,20)/t14-/m1/s1. The van der Waals surface area contributed by atoms with E-state index >= 15 is 0 Å². The minimum atomic E-state index is -3.40. The number of hydrogen-bond acceptors (Lipinski definition) is 4. The first-order valence-electron chi connectivity index (χ1n) is 7.79. The van der Waals surface area contributed by atoms with E-state index in [2.05, 4.69) is 10.0 Å². The largest absolute Gasteiger partial charge is 0.469 e. The van der Waals surface area contributed by atoms with Crippen LogP contribution in [0.3, 0.4) is 0 Å². The van der Waals surface area contributed by atoms with Gasteiger partial charge < -0.3 is 9.73 Å². The summed E-state index contributed by atoms with van der Waals surface area (Å²) in [6.07, 6.45) is 5.44. The number of furan rings is 1. The highest BCUT2D eigenvalue weighted by Gasteiger charge is 2.24. The van der Waals surface area contributed by atoms with Crippen molar-refractivity contribution < 1.29 is 17.6 Å². The number of sulfonamides is 1. The van der Waals surface area contributed by atoms with Gasteiger partial charge in [-0.25, -0.2) is 8.42 Å². The second-order valence-electron chi connectivity index (χ2n) is 6.12. The third-order valence-corrected chi connectivity index (χ3v) is 4.74. The third-order valence-electron chi connectivity index (χ3n) is 4.15.